The van der Waals surface area contributed by atoms with Gasteiger partial charge in [-0.1, -0.05) is 60.2 Å². The molecule has 0 saturated heterocycles. The summed E-state index contributed by atoms with van der Waals surface area (Å²) in [4.78, 5) is 0. The molecule has 1 aliphatic rings. The van der Waals surface area contributed by atoms with Crippen LogP contribution in [0.4, 0.5) is 0 Å². The quantitative estimate of drug-likeness (QED) is 0.821. The fraction of sp³-hybridized carbons (Fsp3) is 0.176. The SMILES string of the molecule is CC1=Cc2c(-c3ccccc3)cccc2C1CS(=O)O.[Zr]. The van der Waals surface area contributed by atoms with Crippen molar-refractivity contribution in [3.05, 3.63) is 65.2 Å². The van der Waals surface area contributed by atoms with Gasteiger partial charge in [-0.2, -0.15) is 0 Å². The number of hydrogen-bond donors (Lipinski definition) is 1. The molecule has 2 unspecified atom stereocenters. The maximum Gasteiger partial charge on any atom is 0.153 e. The Balaban J connectivity index is 0.00000161. The number of fused-ring (bicyclic) bond motifs is 1. The predicted octanol–water partition coefficient (Wildman–Crippen LogP) is 4.07. The molecule has 21 heavy (non-hydrogen) atoms. The molecule has 0 fully saturated rings. The van der Waals surface area contributed by atoms with Gasteiger partial charge in [0.25, 0.3) is 0 Å². The van der Waals surface area contributed by atoms with Gasteiger partial charge in [-0.15, -0.1) is 0 Å². The summed E-state index contributed by atoms with van der Waals surface area (Å²) in [6, 6.07) is 16.4. The first kappa shape index (κ1) is 16.5. The number of allylic oxidation sites excluding steroid dienone is 1. The first-order valence-corrected chi connectivity index (χ1v) is 7.88. The second kappa shape index (κ2) is 6.96. The Kier molecular flexibility index (Phi) is 5.48. The molecule has 2 aromatic carbocycles. The van der Waals surface area contributed by atoms with E-state index in [9.17, 15) is 8.76 Å². The Bertz CT molecular complexity index is 695. The zero-order chi connectivity index (χ0) is 14.1. The van der Waals surface area contributed by atoms with Gasteiger partial charge in [0, 0.05) is 32.1 Å². The molecule has 2 nitrogen and oxygen atoms in total. The average molecular weight is 376 g/mol. The van der Waals surface area contributed by atoms with Crippen LogP contribution in [0.1, 0.15) is 24.0 Å². The molecule has 0 aromatic heterocycles. The van der Waals surface area contributed by atoms with Gasteiger partial charge in [0.1, 0.15) is 0 Å². The summed E-state index contributed by atoms with van der Waals surface area (Å²) >= 11 is -1.78. The summed E-state index contributed by atoms with van der Waals surface area (Å²) in [6.07, 6.45) is 2.15. The molecule has 0 heterocycles. The molecule has 0 spiro atoms. The van der Waals surface area contributed by atoms with Crippen molar-refractivity contribution in [2.45, 2.75) is 12.8 Å². The van der Waals surface area contributed by atoms with Gasteiger partial charge in [0.15, 0.2) is 11.1 Å². The van der Waals surface area contributed by atoms with E-state index < -0.39 is 11.1 Å². The molecular formula is C17H16O2SZr. The standard InChI is InChI=1S/C17H16O2S.Zr/c1-12-10-16-14(13-6-3-2-4-7-13)8-5-9-15(16)17(12)11-20(18)19;/h2-10,17H,11H2,1H3,(H,18,19);. The smallest absolute Gasteiger partial charge is 0.153 e. The van der Waals surface area contributed by atoms with E-state index in [0.717, 1.165) is 11.1 Å². The predicted molar refractivity (Wildman–Crippen MR) is 83.9 cm³/mol. The van der Waals surface area contributed by atoms with E-state index in [1.165, 1.54) is 16.7 Å². The first-order valence-electron chi connectivity index (χ1n) is 6.61. The van der Waals surface area contributed by atoms with Crippen LogP contribution in [0.25, 0.3) is 17.2 Å². The molecule has 3 rings (SSSR count). The van der Waals surface area contributed by atoms with Crippen molar-refractivity contribution >= 4 is 17.2 Å². The molecule has 2 aromatic rings. The largest absolute Gasteiger partial charge is 0.306 e. The van der Waals surface area contributed by atoms with E-state index in [1.54, 1.807) is 0 Å². The van der Waals surface area contributed by atoms with Gasteiger partial charge in [-0.25, -0.2) is 4.21 Å². The summed E-state index contributed by atoms with van der Waals surface area (Å²) in [5, 5.41) is 0. The second-order valence-corrected chi connectivity index (χ2v) is 6.08. The van der Waals surface area contributed by atoms with Crippen LogP contribution in [-0.2, 0) is 37.3 Å². The summed E-state index contributed by atoms with van der Waals surface area (Å²) in [7, 11) is 0. The summed E-state index contributed by atoms with van der Waals surface area (Å²) < 4.78 is 20.3. The Morgan fingerprint density at radius 2 is 1.81 bits per heavy atom. The van der Waals surface area contributed by atoms with E-state index in [2.05, 4.69) is 30.3 Å². The van der Waals surface area contributed by atoms with E-state index in [0.29, 0.717) is 0 Å². The average Bonchev–Trinajstić information content (AvgIpc) is 2.76. The van der Waals surface area contributed by atoms with Crippen molar-refractivity contribution < 1.29 is 35.0 Å². The molecule has 1 N–H and O–H groups in total. The first-order chi connectivity index (χ1) is 9.66. The molecule has 0 radical (unpaired) electrons. The van der Waals surface area contributed by atoms with Crippen LogP contribution >= 0.6 is 0 Å². The molecule has 0 amide bonds. The Labute approximate surface area is 146 Å². The minimum absolute atomic E-state index is 0. The third-order valence-electron chi connectivity index (χ3n) is 3.83. The molecule has 1 aliphatic carbocycles. The van der Waals surface area contributed by atoms with Gasteiger partial charge < -0.3 is 4.55 Å². The van der Waals surface area contributed by atoms with Crippen LogP contribution in [0.2, 0.25) is 0 Å². The molecule has 0 aliphatic heterocycles. The van der Waals surface area contributed by atoms with Crippen LogP contribution in [0.3, 0.4) is 0 Å². The second-order valence-electron chi connectivity index (χ2n) is 5.10. The van der Waals surface area contributed by atoms with E-state index in [4.69, 9.17) is 0 Å². The molecule has 0 bridgehead atoms. The maximum atomic E-state index is 11.1. The number of hydrogen-bond acceptors (Lipinski definition) is 1. The molecule has 2 atom stereocenters. The number of benzene rings is 2. The molecule has 106 valence electrons. The van der Waals surface area contributed by atoms with E-state index >= 15 is 0 Å². The van der Waals surface area contributed by atoms with Crippen molar-refractivity contribution in [2.75, 3.05) is 5.75 Å². The molecular weight excluding hydrogens is 359 g/mol. The summed E-state index contributed by atoms with van der Waals surface area (Å²) in [5.74, 6) is 0.326. The van der Waals surface area contributed by atoms with Gasteiger partial charge in [-0.05, 0) is 29.2 Å². The van der Waals surface area contributed by atoms with Crippen LogP contribution in [0.5, 0.6) is 0 Å². The van der Waals surface area contributed by atoms with Gasteiger partial charge in [0.05, 0.1) is 5.75 Å². The topological polar surface area (TPSA) is 37.3 Å². The van der Waals surface area contributed by atoms with Gasteiger partial charge in [-0.3, -0.25) is 0 Å². The normalized spacial score (nSPS) is 17.6. The fourth-order valence-corrected chi connectivity index (χ4v) is 3.58. The summed E-state index contributed by atoms with van der Waals surface area (Å²) in [5.41, 5.74) is 5.87. The fourth-order valence-electron chi connectivity index (χ4n) is 2.85. The van der Waals surface area contributed by atoms with Crippen molar-refractivity contribution in [1.82, 2.24) is 0 Å². The van der Waals surface area contributed by atoms with Crippen LogP contribution in [-0.4, -0.2) is 14.5 Å². The summed E-state index contributed by atoms with van der Waals surface area (Å²) in [6.45, 7) is 2.03. The van der Waals surface area contributed by atoms with Crippen molar-refractivity contribution in [3.63, 3.8) is 0 Å². The van der Waals surface area contributed by atoms with Crippen LogP contribution in [0, 0.1) is 0 Å². The zero-order valence-electron chi connectivity index (χ0n) is 11.7. The van der Waals surface area contributed by atoms with Crippen LogP contribution in [0.15, 0.2) is 54.1 Å². The Morgan fingerprint density at radius 3 is 2.48 bits per heavy atom. The van der Waals surface area contributed by atoms with Crippen molar-refractivity contribution in [1.29, 1.82) is 0 Å². The van der Waals surface area contributed by atoms with Gasteiger partial charge >= 0.3 is 0 Å². The zero-order valence-corrected chi connectivity index (χ0v) is 15.0. The van der Waals surface area contributed by atoms with Crippen molar-refractivity contribution in [3.8, 4) is 11.1 Å². The minimum atomic E-state index is -1.78. The number of rotatable bonds is 3. The monoisotopic (exact) mass is 374 g/mol. The maximum absolute atomic E-state index is 11.1. The van der Waals surface area contributed by atoms with Crippen LogP contribution < -0.4 is 0 Å². The third-order valence-corrected chi connectivity index (χ3v) is 4.45. The molecule has 0 saturated carbocycles. The Hall–Kier alpha value is -0.827. The minimum Gasteiger partial charge on any atom is -0.306 e. The van der Waals surface area contributed by atoms with Gasteiger partial charge in [0.2, 0.25) is 0 Å². The molecule has 4 heteroatoms. The van der Waals surface area contributed by atoms with Crippen molar-refractivity contribution in [2.24, 2.45) is 0 Å². The van der Waals surface area contributed by atoms with E-state index in [1.807, 2.05) is 31.2 Å². The van der Waals surface area contributed by atoms with E-state index in [-0.39, 0.29) is 37.9 Å². The third kappa shape index (κ3) is 3.34. The Morgan fingerprint density at radius 1 is 1.10 bits per heavy atom.